The van der Waals surface area contributed by atoms with Crippen LogP contribution >= 0.6 is 0 Å². The topological polar surface area (TPSA) is 12.0 Å². The van der Waals surface area contributed by atoms with Crippen LogP contribution in [0.1, 0.15) is 66.2 Å². The third kappa shape index (κ3) is 2.24. The molecule has 2 saturated carbocycles. The van der Waals surface area contributed by atoms with Crippen LogP contribution in [0.25, 0.3) is 0 Å². The molecule has 1 spiro atoms. The first kappa shape index (κ1) is 14.4. The molecule has 0 aliphatic heterocycles. The molecule has 0 amide bonds. The largest absolute Gasteiger partial charge is 0.317 e. The molecule has 2 fully saturated rings. The molecule has 0 aromatic carbocycles. The molecular formula is C17H33N. The summed E-state index contributed by atoms with van der Waals surface area (Å²) in [6, 6.07) is 0.736. The van der Waals surface area contributed by atoms with Crippen LogP contribution in [0.15, 0.2) is 0 Å². The van der Waals surface area contributed by atoms with Crippen molar-refractivity contribution in [3.05, 3.63) is 0 Å². The van der Waals surface area contributed by atoms with Crippen molar-refractivity contribution in [2.75, 3.05) is 7.05 Å². The molecule has 106 valence electrons. The number of hydrogen-bond donors (Lipinski definition) is 1. The normalized spacial score (nSPS) is 41.5. The third-order valence-electron chi connectivity index (χ3n) is 6.65. The van der Waals surface area contributed by atoms with Gasteiger partial charge in [0.05, 0.1) is 0 Å². The molecule has 1 nitrogen and oxygen atoms in total. The lowest BCUT2D eigenvalue weighted by atomic mass is 9.65. The third-order valence-corrected chi connectivity index (χ3v) is 6.65. The molecule has 5 atom stereocenters. The van der Waals surface area contributed by atoms with Gasteiger partial charge in [0.2, 0.25) is 0 Å². The summed E-state index contributed by atoms with van der Waals surface area (Å²) in [5, 5.41) is 3.52. The van der Waals surface area contributed by atoms with Gasteiger partial charge < -0.3 is 5.32 Å². The summed E-state index contributed by atoms with van der Waals surface area (Å²) < 4.78 is 0. The van der Waals surface area contributed by atoms with Crippen LogP contribution in [0.4, 0.5) is 0 Å². The van der Waals surface area contributed by atoms with E-state index in [1.807, 2.05) is 0 Å². The predicted octanol–water partition coefficient (Wildman–Crippen LogP) is 4.47. The van der Waals surface area contributed by atoms with E-state index in [9.17, 15) is 0 Å². The zero-order valence-corrected chi connectivity index (χ0v) is 13.1. The molecule has 5 unspecified atom stereocenters. The SMILES string of the molecule is CCCC(NC)C(C)CCC1CCC12C(C)C2C. The van der Waals surface area contributed by atoms with Gasteiger partial charge in [-0.1, -0.05) is 34.1 Å². The van der Waals surface area contributed by atoms with Crippen LogP contribution < -0.4 is 5.32 Å². The second kappa shape index (κ2) is 5.53. The van der Waals surface area contributed by atoms with E-state index in [1.165, 1.54) is 38.5 Å². The fraction of sp³-hybridized carbons (Fsp3) is 1.00. The van der Waals surface area contributed by atoms with E-state index in [1.54, 1.807) is 0 Å². The second-order valence-corrected chi connectivity index (χ2v) is 7.16. The standard InChI is InChI=1S/C17H33N/c1-6-7-16(18-5)12(2)8-9-15-10-11-17(15)13(3)14(17)4/h12-16,18H,6-11H2,1-5H3. The maximum atomic E-state index is 3.52. The van der Waals surface area contributed by atoms with E-state index in [0.717, 1.165) is 35.1 Å². The minimum atomic E-state index is 0.736. The van der Waals surface area contributed by atoms with Crippen LogP contribution in [0.5, 0.6) is 0 Å². The molecular weight excluding hydrogens is 218 g/mol. The highest BCUT2D eigenvalue weighted by Crippen LogP contribution is 2.73. The average Bonchev–Trinajstić information content (AvgIpc) is 2.90. The van der Waals surface area contributed by atoms with Gasteiger partial charge in [-0.25, -0.2) is 0 Å². The highest BCUT2D eigenvalue weighted by molar-refractivity contribution is 5.15. The lowest BCUT2D eigenvalue weighted by Gasteiger charge is -2.40. The first-order chi connectivity index (χ1) is 8.57. The molecule has 0 saturated heterocycles. The van der Waals surface area contributed by atoms with E-state index in [0.29, 0.717) is 0 Å². The molecule has 1 N–H and O–H groups in total. The Morgan fingerprint density at radius 2 is 1.89 bits per heavy atom. The Morgan fingerprint density at radius 1 is 1.22 bits per heavy atom. The van der Waals surface area contributed by atoms with E-state index in [2.05, 4.69) is 40.1 Å². The zero-order valence-electron chi connectivity index (χ0n) is 13.1. The Hall–Kier alpha value is -0.0400. The second-order valence-electron chi connectivity index (χ2n) is 7.16. The molecule has 0 aromatic heterocycles. The quantitative estimate of drug-likeness (QED) is 0.704. The summed E-state index contributed by atoms with van der Waals surface area (Å²) in [6.07, 6.45) is 8.59. The molecule has 18 heavy (non-hydrogen) atoms. The number of nitrogens with one attached hydrogen (secondary N) is 1. The number of rotatable bonds is 7. The van der Waals surface area contributed by atoms with Crippen molar-refractivity contribution >= 4 is 0 Å². The maximum absolute atomic E-state index is 3.52. The molecule has 0 heterocycles. The molecule has 2 aliphatic rings. The van der Waals surface area contributed by atoms with Gasteiger partial charge in [0.15, 0.2) is 0 Å². The van der Waals surface area contributed by atoms with E-state index >= 15 is 0 Å². The maximum Gasteiger partial charge on any atom is 0.00895 e. The lowest BCUT2D eigenvalue weighted by Crippen LogP contribution is -2.34. The first-order valence-electron chi connectivity index (χ1n) is 8.25. The van der Waals surface area contributed by atoms with Gasteiger partial charge in [-0.3, -0.25) is 0 Å². The molecule has 2 aliphatic carbocycles. The van der Waals surface area contributed by atoms with Crippen LogP contribution in [-0.4, -0.2) is 13.1 Å². The Morgan fingerprint density at radius 3 is 2.28 bits per heavy atom. The highest BCUT2D eigenvalue weighted by atomic mass is 14.9. The Balaban J connectivity index is 1.75. The molecule has 0 aromatic rings. The van der Waals surface area contributed by atoms with Gasteiger partial charge in [0.1, 0.15) is 0 Å². The van der Waals surface area contributed by atoms with Crippen molar-refractivity contribution in [1.29, 1.82) is 0 Å². The molecule has 2 rings (SSSR count). The summed E-state index contributed by atoms with van der Waals surface area (Å²) in [7, 11) is 2.13. The lowest BCUT2D eigenvalue weighted by molar-refractivity contribution is 0.0988. The summed E-state index contributed by atoms with van der Waals surface area (Å²) in [6.45, 7) is 9.70. The smallest absolute Gasteiger partial charge is 0.00895 e. The van der Waals surface area contributed by atoms with E-state index < -0.39 is 0 Å². The van der Waals surface area contributed by atoms with Crippen LogP contribution in [0.2, 0.25) is 0 Å². The minimum absolute atomic E-state index is 0.736. The van der Waals surface area contributed by atoms with E-state index in [4.69, 9.17) is 0 Å². The Labute approximate surface area is 114 Å². The zero-order chi connectivity index (χ0) is 13.3. The molecule has 0 bridgehead atoms. The van der Waals surface area contributed by atoms with Gasteiger partial charge in [-0.15, -0.1) is 0 Å². The van der Waals surface area contributed by atoms with Crippen LogP contribution in [-0.2, 0) is 0 Å². The summed E-state index contributed by atoms with van der Waals surface area (Å²) in [5.41, 5.74) is 0.805. The van der Waals surface area contributed by atoms with Gasteiger partial charge in [0, 0.05) is 6.04 Å². The van der Waals surface area contributed by atoms with Crippen LogP contribution in [0.3, 0.4) is 0 Å². The van der Waals surface area contributed by atoms with Crippen LogP contribution in [0, 0.1) is 29.1 Å². The summed E-state index contributed by atoms with van der Waals surface area (Å²) in [5.74, 6) is 3.94. The molecule has 1 heteroatoms. The fourth-order valence-electron chi connectivity index (χ4n) is 4.88. The molecule has 0 radical (unpaired) electrons. The van der Waals surface area contributed by atoms with Crippen molar-refractivity contribution in [2.24, 2.45) is 29.1 Å². The van der Waals surface area contributed by atoms with Gasteiger partial charge >= 0.3 is 0 Å². The van der Waals surface area contributed by atoms with E-state index in [-0.39, 0.29) is 0 Å². The Kier molecular flexibility index (Phi) is 4.41. The van der Waals surface area contributed by atoms with Crippen molar-refractivity contribution in [3.63, 3.8) is 0 Å². The minimum Gasteiger partial charge on any atom is -0.317 e. The highest BCUT2D eigenvalue weighted by Gasteiger charge is 2.66. The van der Waals surface area contributed by atoms with Crippen molar-refractivity contribution in [2.45, 2.75) is 72.3 Å². The van der Waals surface area contributed by atoms with Crippen molar-refractivity contribution in [1.82, 2.24) is 5.32 Å². The van der Waals surface area contributed by atoms with Crippen molar-refractivity contribution in [3.8, 4) is 0 Å². The van der Waals surface area contributed by atoms with Gasteiger partial charge in [0.25, 0.3) is 0 Å². The summed E-state index contributed by atoms with van der Waals surface area (Å²) in [4.78, 5) is 0. The Bertz CT molecular complexity index is 265. The van der Waals surface area contributed by atoms with Gasteiger partial charge in [-0.2, -0.15) is 0 Å². The first-order valence-corrected chi connectivity index (χ1v) is 8.25. The predicted molar refractivity (Wildman–Crippen MR) is 79.6 cm³/mol. The van der Waals surface area contributed by atoms with Gasteiger partial charge in [-0.05, 0) is 68.2 Å². The number of hydrogen-bond acceptors (Lipinski definition) is 1. The monoisotopic (exact) mass is 251 g/mol. The fourth-order valence-corrected chi connectivity index (χ4v) is 4.88. The average molecular weight is 251 g/mol. The van der Waals surface area contributed by atoms with Crippen molar-refractivity contribution < 1.29 is 0 Å². The summed E-state index contributed by atoms with van der Waals surface area (Å²) >= 11 is 0.